The molecule has 0 unspecified atom stereocenters. The monoisotopic (exact) mass is 594 g/mol. The summed E-state index contributed by atoms with van der Waals surface area (Å²) in [5, 5.41) is 2.85. The molecule has 4 amide bonds. The van der Waals surface area contributed by atoms with Crippen LogP contribution >= 0.6 is 27.5 Å². The molecule has 1 saturated heterocycles. The van der Waals surface area contributed by atoms with Gasteiger partial charge in [0.25, 0.3) is 11.8 Å². The van der Waals surface area contributed by atoms with Gasteiger partial charge in [0.05, 0.1) is 12.3 Å². The largest absolute Gasteiger partial charge is 0.490 e. The van der Waals surface area contributed by atoms with Crippen LogP contribution in [0.4, 0.5) is 10.5 Å². The van der Waals surface area contributed by atoms with Crippen LogP contribution in [0, 0.1) is 0 Å². The number of ether oxygens (including phenoxy) is 2. The summed E-state index contributed by atoms with van der Waals surface area (Å²) in [7, 11) is 0. The molecule has 1 aliphatic heterocycles. The molecule has 0 radical (unpaired) electrons. The van der Waals surface area contributed by atoms with Crippen molar-refractivity contribution in [1.82, 2.24) is 5.32 Å². The van der Waals surface area contributed by atoms with Crippen molar-refractivity contribution in [3.05, 3.63) is 105 Å². The standard InChI is InChI=1S/C29H24BrClN2O5/c1-3-6-20-13-19(16-25(37-4-2)26(20)38-17-18-7-5-8-22(31)14-18)15-24-27(34)32-29(36)33(28(24)35)23-11-9-21(30)10-12-23/h3,5,7-16H,1,4,6,17H2,2H3,(H,32,34,36)/b24-15+. The van der Waals surface area contributed by atoms with E-state index in [-0.39, 0.29) is 12.2 Å². The lowest BCUT2D eigenvalue weighted by Crippen LogP contribution is -2.54. The van der Waals surface area contributed by atoms with Crippen LogP contribution in [0.1, 0.15) is 23.6 Å². The number of amides is 4. The first-order chi connectivity index (χ1) is 18.3. The number of benzene rings is 3. The van der Waals surface area contributed by atoms with Gasteiger partial charge in [-0.3, -0.25) is 14.9 Å². The summed E-state index contributed by atoms with van der Waals surface area (Å²) < 4.78 is 12.8. The Kier molecular flexibility index (Phi) is 8.66. The number of hydrogen-bond donors (Lipinski definition) is 1. The third kappa shape index (κ3) is 6.15. The highest BCUT2D eigenvalue weighted by Gasteiger charge is 2.36. The van der Waals surface area contributed by atoms with Crippen molar-refractivity contribution in [3.63, 3.8) is 0 Å². The summed E-state index contributed by atoms with van der Waals surface area (Å²) >= 11 is 9.44. The van der Waals surface area contributed by atoms with Gasteiger partial charge in [-0.2, -0.15) is 0 Å². The molecule has 0 atom stereocenters. The van der Waals surface area contributed by atoms with Gasteiger partial charge in [0, 0.05) is 15.1 Å². The van der Waals surface area contributed by atoms with Gasteiger partial charge >= 0.3 is 6.03 Å². The van der Waals surface area contributed by atoms with Crippen LogP contribution in [0.25, 0.3) is 6.08 Å². The summed E-state index contributed by atoms with van der Waals surface area (Å²) in [6.07, 6.45) is 3.61. The number of urea groups is 1. The van der Waals surface area contributed by atoms with Gasteiger partial charge in [-0.1, -0.05) is 45.7 Å². The zero-order chi connectivity index (χ0) is 27.2. The number of anilines is 1. The average Bonchev–Trinajstić information content (AvgIpc) is 2.87. The number of hydrogen-bond acceptors (Lipinski definition) is 5. The lowest BCUT2D eigenvalue weighted by molar-refractivity contribution is -0.122. The Balaban J connectivity index is 1.71. The Hall–Kier alpha value is -3.88. The first-order valence-electron chi connectivity index (χ1n) is 11.8. The number of barbiturate groups is 1. The molecule has 1 N–H and O–H groups in total. The second-order valence-electron chi connectivity index (χ2n) is 8.29. The molecule has 0 aromatic heterocycles. The lowest BCUT2D eigenvalue weighted by Gasteiger charge is -2.26. The van der Waals surface area contributed by atoms with Crippen molar-refractivity contribution in [2.75, 3.05) is 11.5 Å². The number of halogens is 2. The topological polar surface area (TPSA) is 84.9 Å². The van der Waals surface area contributed by atoms with Crippen LogP contribution in [0.3, 0.4) is 0 Å². The van der Waals surface area contributed by atoms with Gasteiger partial charge in [0.1, 0.15) is 12.2 Å². The van der Waals surface area contributed by atoms with Gasteiger partial charge in [0.15, 0.2) is 11.5 Å². The van der Waals surface area contributed by atoms with Crippen LogP contribution < -0.4 is 19.7 Å². The zero-order valence-corrected chi connectivity index (χ0v) is 22.8. The van der Waals surface area contributed by atoms with Gasteiger partial charge in [-0.25, -0.2) is 9.69 Å². The first kappa shape index (κ1) is 27.2. The van der Waals surface area contributed by atoms with E-state index in [1.54, 1.807) is 48.5 Å². The van der Waals surface area contributed by atoms with Crippen molar-refractivity contribution in [2.45, 2.75) is 20.0 Å². The molecule has 1 fully saturated rings. The molecule has 0 aliphatic carbocycles. The maximum atomic E-state index is 13.3. The molecule has 0 saturated carbocycles. The molecule has 0 spiro atoms. The number of carbonyl (C=O) groups is 3. The predicted octanol–water partition coefficient (Wildman–Crippen LogP) is 6.48. The molecule has 3 aromatic carbocycles. The molecular formula is C29H24BrClN2O5. The fourth-order valence-corrected chi connectivity index (χ4v) is 4.41. The number of nitrogens with zero attached hydrogens (tertiary/aromatic N) is 1. The van der Waals surface area contributed by atoms with Gasteiger partial charge in [0.2, 0.25) is 0 Å². The van der Waals surface area contributed by atoms with Crippen molar-refractivity contribution >= 4 is 57.1 Å². The summed E-state index contributed by atoms with van der Waals surface area (Å²) in [4.78, 5) is 39.4. The number of nitrogens with one attached hydrogen (secondary N) is 1. The third-order valence-electron chi connectivity index (χ3n) is 5.59. The number of imide groups is 2. The first-order valence-corrected chi connectivity index (χ1v) is 12.9. The summed E-state index contributed by atoms with van der Waals surface area (Å²) in [6, 6.07) is 16.7. The van der Waals surface area contributed by atoms with Crippen molar-refractivity contribution in [2.24, 2.45) is 0 Å². The molecule has 4 rings (SSSR count). The van der Waals surface area contributed by atoms with E-state index >= 15 is 0 Å². The smallest absolute Gasteiger partial charge is 0.335 e. The zero-order valence-electron chi connectivity index (χ0n) is 20.5. The van der Waals surface area contributed by atoms with E-state index in [0.717, 1.165) is 20.5 Å². The van der Waals surface area contributed by atoms with Crippen LogP contribution in [-0.2, 0) is 22.6 Å². The van der Waals surface area contributed by atoms with E-state index in [4.69, 9.17) is 21.1 Å². The van der Waals surface area contributed by atoms with Crippen LogP contribution in [-0.4, -0.2) is 24.5 Å². The quantitative estimate of drug-likeness (QED) is 0.174. The molecule has 0 bridgehead atoms. The second-order valence-corrected chi connectivity index (χ2v) is 9.64. The van der Waals surface area contributed by atoms with Gasteiger partial charge in [-0.05, 0) is 79.1 Å². The highest BCUT2D eigenvalue weighted by atomic mass is 79.9. The van der Waals surface area contributed by atoms with E-state index in [9.17, 15) is 14.4 Å². The van der Waals surface area contributed by atoms with Gasteiger partial charge < -0.3 is 9.47 Å². The van der Waals surface area contributed by atoms with E-state index < -0.39 is 17.8 Å². The Morgan fingerprint density at radius 1 is 1.05 bits per heavy atom. The van der Waals surface area contributed by atoms with E-state index in [1.807, 2.05) is 25.1 Å². The maximum absolute atomic E-state index is 13.3. The Labute approximate surface area is 233 Å². The Morgan fingerprint density at radius 3 is 2.50 bits per heavy atom. The molecular weight excluding hydrogens is 572 g/mol. The Bertz CT molecular complexity index is 1440. The molecule has 1 aliphatic rings. The maximum Gasteiger partial charge on any atom is 0.335 e. The van der Waals surface area contributed by atoms with E-state index in [0.29, 0.717) is 40.8 Å². The van der Waals surface area contributed by atoms with Gasteiger partial charge in [-0.15, -0.1) is 6.58 Å². The SMILES string of the molecule is C=CCc1cc(/C=C2\C(=O)NC(=O)N(c3ccc(Br)cc3)C2=O)cc(OCC)c1OCc1cccc(Cl)c1. The molecule has 194 valence electrons. The molecule has 9 heteroatoms. The predicted molar refractivity (Wildman–Crippen MR) is 150 cm³/mol. The minimum Gasteiger partial charge on any atom is -0.490 e. The van der Waals surface area contributed by atoms with Crippen molar-refractivity contribution in [3.8, 4) is 11.5 Å². The summed E-state index contributed by atoms with van der Waals surface area (Å²) in [6.45, 7) is 6.31. The summed E-state index contributed by atoms with van der Waals surface area (Å²) in [5.41, 5.74) is 2.32. The third-order valence-corrected chi connectivity index (χ3v) is 6.35. The summed E-state index contributed by atoms with van der Waals surface area (Å²) in [5.74, 6) is -0.534. The molecule has 1 heterocycles. The molecule has 38 heavy (non-hydrogen) atoms. The van der Waals surface area contributed by atoms with Crippen LogP contribution in [0.2, 0.25) is 5.02 Å². The Morgan fingerprint density at radius 2 is 1.82 bits per heavy atom. The average molecular weight is 596 g/mol. The highest BCUT2D eigenvalue weighted by molar-refractivity contribution is 9.10. The van der Waals surface area contributed by atoms with E-state index in [2.05, 4.69) is 27.8 Å². The van der Waals surface area contributed by atoms with E-state index in [1.165, 1.54) is 6.08 Å². The molecule has 7 nitrogen and oxygen atoms in total. The number of allylic oxidation sites excluding steroid dienone is 1. The number of carbonyl (C=O) groups excluding carboxylic acids is 3. The fourth-order valence-electron chi connectivity index (χ4n) is 3.93. The van der Waals surface area contributed by atoms with Crippen LogP contribution in [0.15, 0.2) is 83.4 Å². The fraction of sp³-hybridized carbons (Fsp3) is 0.138. The van der Waals surface area contributed by atoms with Crippen LogP contribution in [0.5, 0.6) is 11.5 Å². The minimum absolute atomic E-state index is 0.188. The van der Waals surface area contributed by atoms with Crippen molar-refractivity contribution in [1.29, 1.82) is 0 Å². The normalized spacial score (nSPS) is 14.4. The highest BCUT2D eigenvalue weighted by Crippen LogP contribution is 2.36. The number of rotatable bonds is 9. The minimum atomic E-state index is -0.813. The second kappa shape index (κ2) is 12.1. The molecule has 3 aromatic rings. The van der Waals surface area contributed by atoms with Crippen molar-refractivity contribution < 1.29 is 23.9 Å². The lowest BCUT2D eigenvalue weighted by atomic mass is 10.0.